The summed E-state index contributed by atoms with van der Waals surface area (Å²) in [5.41, 5.74) is 6.45. The Balaban J connectivity index is 1.87. The third kappa shape index (κ3) is 2.69. The third-order valence-corrected chi connectivity index (χ3v) is 3.86. The Labute approximate surface area is 98.9 Å². The highest BCUT2D eigenvalue weighted by Gasteiger charge is 2.48. The lowest BCUT2D eigenvalue weighted by Crippen LogP contribution is -2.46. The lowest BCUT2D eigenvalue weighted by molar-refractivity contribution is 0.113. The molecule has 0 heterocycles. The summed E-state index contributed by atoms with van der Waals surface area (Å²) >= 11 is 0. The Morgan fingerprint density at radius 3 is 2.38 bits per heavy atom. The molecule has 2 rings (SSSR count). The third-order valence-electron chi connectivity index (χ3n) is 3.86. The summed E-state index contributed by atoms with van der Waals surface area (Å²) in [6.45, 7) is 7.26. The van der Waals surface area contributed by atoms with Crippen molar-refractivity contribution in [2.45, 2.75) is 58.4 Å². The fourth-order valence-electron chi connectivity index (χ4n) is 2.69. The Morgan fingerprint density at radius 1 is 1.38 bits per heavy atom. The first-order valence-electron chi connectivity index (χ1n) is 6.49. The van der Waals surface area contributed by atoms with Crippen LogP contribution in [0.5, 0.6) is 0 Å². The van der Waals surface area contributed by atoms with Gasteiger partial charge in [0.05, 0.1) is 0 Å². The van der Waals surface area contributed by atoms with Gasteiger partial charge >= 0.3 is 0 Å². The van der Waals surface area contributed by atoms with Crippen molar-refractivity contribution in [2.24, 2.45) is 22.1 Å². The Kier molecular flexibility index (Phi) is 2.89. The molecule has 0 aliphatic heterocycles. The highest BCUT2D eigenvalue weighted by molar-refractivity contribution is 5.78. The topological polar surface area (TPSA) is 50.4 Å². The molecular weight excluding hydrogens is 198 g/mol. The normalized spacial score (nSPS) is 25.1. The Hall–Kier alpha value is -0.730. The van der Waals surface area contributed by atoms with Gasteiger partial charge in [-0.1, -0.05) is 6.42 Å². The molecular formula is C13H25N3. The summed E-state index contributed by atoms with van der Waals surface area (Å²) in [5.74, 6) is 1.56. The highest BCUT2D eigenvalue weighted by Crippen LogP contribution is 2.57. The molecule has 0 saturated heterocycles. The monoisotopic (exact) mass is 223 g/mol. The minimum absolute atomic E-state index is 0.0138. The predicted molar refractivity (Wildman–Crippen MR) is 68.4 cm³/mol. The van der Waals surface area contributed by atoms with Gasteiger partial charge in [0.2, 0.25) is 0 Å². The summed E-state index contributed by atoms with van der Waals surface area (Å²) < 4.78 is 0. The van der Waals surface area contributed by atoms with Crippen LogP contribution in [0.25, 0.3) is 0 Å². The van der Waals surface area contributed by atoms with E-state index in [1.807, 2.05) is 0 Å². The van der Waals surface area contributed by atoms with Crippen LogP contribution < -0.4 is 11.1 Å². The minimum Gasteiger partial charge on any atom is -0.370 e. The Bertz CT molecular complexity index is 280. The summed E-state index contributed by atoms with van der Waals surface area (Å²) in [4.78, 5) is 4.55. The van der Waals surface area contributed by atoms with Gasteiger partial charge in [-0.15, -0.1) is 0 Å². The second-order valence-corrected chi connectivity index (χ2v) is 6.57. The number of guanidine groups is 1. The molecule has 3 N–H and O–H groups in total. The smallest absolute Gasteiger partial charge is 0.189 e. The number of aliphatic imine (C=N–C) groups is 1. The summed E-state index contributed by atoms with van der Waals surface area (Å²) in [5, 5.41) is 3.23. The number of nitrogens with one attached hydrogen (secondary N) is 1. The SMILES string of the molecule is CC(C)(C)NC(N)=NCC1(C2CC2)CCC1. The molecule has 0 atom stereocenters. The van der Waals surface area contributed by atoms with E-state index < -0.39 is 0 Å². The van der Waals surface area contributed by atoms with Gasteiger partial charge in [-0.3, -0.25) is 4.99 Å². The van der Waals surface area contributed by atoms with Crippen LogP contribution in [0.4, 0.5) is 0 Å². The average molecular weight is 223 g/mol. The van der Waals surface area contributed by atoms with Gasteiger partial charge in [0.25, 0.3) is 0 Å². The number of nitrogens with zero attached hydrogens (tertiary/aromatic N) is 1. The van der Waals surface area contributed by atoms with Crippen LogP contribution in [0.1, 0.15) is 52.9 Å². The van der Waals surface area contributed by atoms with Crippen molar-refractivity contribution in [1.29, 1.82) is 0 Å². The summed E-state index contributed by atoms with van der Waals surface area (Å²) in [6, 6.07) is 0. The summed E-state index contributed by atoms with van der Waals surface area (Å²) in [7, 11) is 0. The van der Waals surface area contributed by atoms with E-state index >= 15 is 0 Å². The van der Waals surface area contributed by atoms with Crippen LogP contribution in [0.3, 0.4) is 0 Å². The molecule has 3 nitrogen and oxygen atoms in total. The zero-order valence-corrected chi connectivity index (χ0v) is 10.8. The van der Waals surface area contributed by atoms with Crippen molar-refractivity contribution >= 4 is 5.96 Å². The van der Waals surface area contributed by atoms with Crippen molar-refractivity contribution < 1.29 is 0 Å². The van der Waals surface area contributed by atoms with Gasteiger partial charge in [0.1, 0.15) is 0 Å². The second kappa shape index (κ2) is 3.94. The van der Waals surface area contributed by atoms with Gasteiger partial charge in [0, 0.05) is 12.1 Å². The van der Waals surface area contributed by atoms with Crippen molar-refractivity contribution in [2.75, 3.05) is 6.54 Å². The molecule has 2 saturated carbocycles. The van der Waals surface area contributed by atoms with E-state index in [0.717, 1.165) is 12.5 Å². The number of hydrogen-bond acceptors (Lipinski definition) is 1. The van der Waals surface area contributed by atoms with E-state index in [0.29, 0.717) is 11.4 Å². The first-order valence-corrected chi connectivity index (χ1v) is 6.49. The van der Waals surface area contributed by atoms with E-state index in [1.54, 1.807) is 0 Å². The van der Waals surface area contributed by atoms with Crippen LogP contribution in [-0.2, 0) is 0 Å². The van der Waals surface area contributed by atoms with E-state index in [4.69, 9.17) is 5.73 Å². The maximum absolute atomic E-state index is 5.91. The molecule has 0 bridgehead atoms. The molecule has 0 radical (unpaired) electrons. The molecule has 92 valence electrons. The van der Waals surface area contributed by atoms with Crippen LogP contribution in [0, 0.1) is 11.3 Å². The second-order valence-electron chi connectivity index (χ2n) is 6.57. The first-order chi connectivity index (χ1) is 7.41. The van der Waals surface area contributed by atoms with Crippen molar-refractivity contribution in [3.63, 3.8) is 0 Å². The maximum atomic E-state index is 5.91. The fraction of sp³-hybridized carbons (Fsp3) is 0.923. The molecule has 16 heavy (non-hydrogen) atoms. The van der Waals surface area contributed by atoms with Crippen LogP contribution in [-0.4, -0.2) is 18.0 Å². The molecule has 0 aromatic rings. The number of rotatable bonds is 3. The molecule has 0 unspecified atom stereocenters. The first kappa shape index (κ1) is 11.7. The molecule has 0 aromatic carbocycles. The lowest BCUT2D eigenvalue weighted by Gasteiger charge is -2.41. The van der Waals surface area contributed by atoms with Gasteiger partial charge in [-0.05, 0) is 57.8 Å². The van der Waals surface area contributed by atoms with Crippen LogP contribution in [0.2, 0.25) is 0 Å². The van der Waals surface area contributed by atoms with Crippen LogP contribution in [0.15, 0.2) is 4.99 Å². The van der Waals surface area contributed by atoms with Gasteiger partial charge in [-0.25, -0.2) is 0 Å². The maximum Gasteiger partial charge on any atom is 0.189 e. The van der Waals surface area contributed by atoms with Crippen LogP contribution >= 0.6 is 0 Å². The van der Waals surface area contributed by atoms with E-state index in [-0.39, 0.29) is 5.54 Å². The Morgan fingerprint density at radius 2 is 2.00 bits per heavy atom. The van der Waals surface area contributed by atoms with Gasteiger partial charge in [-0.2, -0.15) is 0 Å². The van der Waals surface area contributed by atoms with E-state index in [9.17, 15) is 0 Å². The number of hydrogen-bond donors (Lipinski definition) is 2. The van der Waals surface area contributed by atoms with E-state index in [2.05, 4.69) is 31.1 Å². The van der Waals surface area contributed by atoms with Crippen molar-refractivity contribution in [1.82, 2.24) is 5.32 Å². The predicted octanol–water partition coefficient (Wildman–Crippen LogP) is 2.27. The lowest BCUT2D eigenvalue weighted by atomic mass is 9.65. The highest BCUT2D eigenvalue weighted by atomic mass is 15.1. The molecule has 2 fully saturated rings. The summed E-state index contributed by atoms with van der Waals surface area (Å²) in [6.07, 6.45) is 6.96. The standard InChI is InChI=1S/C13H25N3/c1-12(2,3)16-11(14)15-9-13(7-4-8-13)10-5-6-10/h10H,4-9H2,1-3H3,(H3,14,15,16). The average Bonchev–Trinajstić information content (AvgIpc) is 2.82. The van der Waals surface area contributed by atoms with Crippen molar-refractivity contribution in [3.05, 3.63) is 0 Å². The van der Waals surface area contributed by atoms with Crippen molar-refractivity contribution in [3.8, 4) is 0 Å². The fourth-order valence-corrected chi connectivity index (χ4v) is 2.69. The molecule has 0 aromatic heterocycles. The quantitative estimate of drug-likeness (QED) is 0.569. The number of nitrogens with two attached hydrogens (primary N) is 1. The van der Waals surface area contributed by atoms with Gasteiger partial charge < -0.3 is 11.1 Å². The van der Waals surface area contributed by atoms with E-state index in [1.165, 1.54) is 32.1 Å². The zero-order valence-electron chi connectivity index (χ0n) is 10.8. The molecule has 0 spiro atoms. The van der Waals surface area contributed by atoms with Gasteiger partial charge in [0.15, 0.2) is 5.96 Å². The molecule has 0 amide bonds. The molecule has 3 heteroatoms. The molecule has 2 aliphatic carbocycles. The molecule has 2 aliphatic rings. The minimum atomic E-state index is 0.0138. The largest absolute Gasteiger partial charge is 0.370 e. The zero-order chi connectivity index (χ0) is 11.8.